The molecule has 0 radical (unpaired) electrons. The van der Waals surface area contributed by atoms with Gasteiger partial charge in [-0.25, -0.2) is 4.79 Å². The molecule has 0 spiro atoms. The number of carbonyl (C=O) groups is 2. The summed E-state index contributed by atoms with van der Waals surface area (Å²) < 4.78 is 0. The Bertz CT molecular complexity index is 359. The molecule has 0 heterocycles. The Labute approximate surface area is 113 Å². The van der Waals surface area contributed by atoms with Crippen molar-refractivity contribution < 1.29 is 19.8 Å². The first-order chi connectivity index (χ1) is 8.95. The van der Waals surface area contributed by atoms with Crippen LogP contribution in [-0.2, 0) is 4.79 Å². The molecule has 2 unspecified atom stereocenters. The van der Waals surface area contributed by atoms with Gasteiger partial charge >= 0.3 is 12.0 Å². The lowest BCUT2D eigenvalue weighted by molar-refractivity contribution is -0.148. The van der Waals surface area contributed by atoms with Crippen molar-refractivity contribution in [3.63, 3.8) is 0 Å². The molecule has 19 heavy (non-hydrogen) atoms. The average Bonchev–Trinajstić information content (AvgIpc) is 2.72. The van der Waals surface area contributed by atoms with Gasteiger partial charge in [0.05, 0.1) is 12.0 Å². The van der Waals surface area contributed by atoms with Gasteiger partial charge in [-0.2, -0.15) is 0 Å². The van der Waals surface area contributed by atoms with Crippen LogP contribution in [0.2, 0.25) is 0 Å². The second-order valence-corrected chi connectivity index (χ2v) is 5.08. The van der Waals surface area contributed by atoms with E-state index < -0.39 is 11.4 Å². The van der Waals surface area contributed by atoms with Crippen LogP contribution in [0, 0.1) is 5.41 Å². The third-order valence-corrected chi connectivity index (χ3v) is 3.75. The third kappa shape index (κ3) is 3.47. The van der Waals surface area contributed by atoms with Crippen molar-refractivity contribution in [2.45, 2.75) is 32.2 Å². The number of nitrogens with one attached hydrogen (secondary N) is 1. The van der Waals surface area contributed by atoms with Gasteiger partial charge in [0.15, 0.2) is 0 Å². The minimum absolute atomic E-state index is 0.137. The number of nitrogens with zero attached hydrogens (tertiary/aromatic N) is 1. The van der Waals surface area contributed by atoms with Crippen LogP contribution in [0.5, 0.6) is 0 Å². The maximum absolute atomic E-state index is 12.1. The van der Waals surface area contributed by atoms with E-state index in [1.807, 2.05) is 0 Å². The summed E-state index contributed by atoms with van der Waals surface area (Å²) in [4.78, 5) is 24.8. The second kappa shape index (κ2) is 6.56. The maximum Gasteiger partial charge on any atom is 0.318 e. The molecule has 0 aromatic carbocycles. The number of aliphatic carboxylic acids is 1. The average molecular weight is 270 g/mol. The van der Waals surface area contributed by atoms with Gasteiger partial charge in [-0.1, -0.05) is 12.5 Å². The molecule has 1 saturated carbocycles. The van der Waals surface area contributed by atoms with Gasteiger partial charge in [-0.15, -0.1) is 6.58 Å². The van der Waals surface area contributed by atoms with Crippen LogP contribution in [0.25, 0.3) is 0 Å². The quantitative estimate of drug-likeness (QED) is 0.623. The number of aliphatic hydroxyl groups is 1. The summed E-state index contributed by atoms with van der Waals surface area (Å²) in [6.45, 7) is 5.61. The monoisotopic (exact) mass is 270 g/mol. The molecule has 0 aromatic heterocycles. The standard InChI is InChI=1S/C13H22N2O4/c1-3-7-15(8-9-16)12(19)14-10-5-4-6-13(10,2)11(17)18/h3,10,16H,1,4-9H2,2H3,(H,14,19)(H,17,18). The van der Waals surface area contributed by atoms with Crippen molar-refractivity contribution in [2.24, 2.45) is 5.41 Å². The Morgan fingerprint density at radius 3 is 2.79 bits per heavy atom. The molecule has 108 valence electrons. The molecule has 6 heteroatoms. The van der Waals surface area contributed by atoms with E-state index in [0.29, 0.717) is 19.4 Å². The summed E-state index contributed by atoms with van der Waals surface area (Å²) in [6.07, 6.45) is 3.58. The molecule has 1 aliphatic rings. The number of rotatable bonds is 6. The normalized spacial score (nSPS) is 25.9. The Morgan fingerprint density at radius 1 is 1.58 bits per heavy atom. The molecular weight excluding hydrogens is 248 g/mol. The smallest absolute Gasteiger partial charge is 0.318 e. The van der Waals surface area contributed by atoms with Crippen molar-refractivity contribution in [2.75, 3.05) is 19.7 Å². The summed E-state index contributed by atoms with van der Waals surface area (Å²) >= 11 is 0. The van der Waals surface area contributed by atoms with Crippen molar-refractivity contribution in [3.8, 4) is 0 Å². The lowest BCUT2D eigenvalue weighted by Crippen LogP contribution is -2.51. The highest BCUT2D eigenvalue weighted by atomic mass is 16.4. The van der Waals surface area contributed by atoms with E-state index in [9.17, 15) is 14.7 Å². The molecule has 0 bridgehead atoms. The van der Waals surface area contributed by atoms with Crippen LogP contribution in [-0.4, -0.2) is 52.9 Å². The van der Waals surface area contributed by atoms with Gasteiger partial charge in [0, 0.05) is 19.1 Å². The predicted octanol–water partition coefficient (Wildman–Crippen LogP) is 0.820. The number of amides is 2. The summed E-state index contributed by atoms with van der Waals surface area (Å²) in [7, 11) is 0. The third-order valence-electron chi connectivity index (χ3n) is 3.75. The van der Waals surface area contributed by atoms with Crippen molar-refractivity contribution in [1.29, 1.82) is 0 Å². The summed E-state index contributed by atoms with van der Waals surface area (Å²) in [5, 5.41) is 21.0. The largest absolute Gasteiger partial charge is 0.481 e. The Kier molecular flexibility index (Phi) is 5.35. The van der Waals surface area contributed by atoms with Gasteiger partial charge in [0.25, 0.3) is 0 Å². The van der Waals surface area contributed by atoms with Crippen molar-refractivity contribution >= 4 is 12.0 Å². The molecule has 1 rings (SSSR count). The highest BCUT2D eigenvalue weighted by molar-refractivity contribution is 5.79. The van der Waals surface area contributed by atoms with E-state index in [2.05, 4.69) is 11.9 Å². The van der Waals surface area contributed by atoms with Crippen LogP contribution in [0.15, 0.2) is 12.7 Å². The van der Waals surface area contributed by atoms with E-state index in [1.165, 1.54) is 4.90 Å². The Balaban J connectivity index is 2.69. The lowest BCUT2D eigenvalue weighted by atomic mass is 9.85. The topological polar surface area (TPSA) is 89.9 Å². The first kappa shape index (κ1) is 15.5. The number of hydrogen-bond acceptors (Lipinski definition) is 3. The van der Waals surface area contributed by atoms with Crippen LogP contribution >= 0.6 is 0 Å². The molecule has 3 N–H and O–H groups in total. The van der Waals surface area contributed by atoms with E-state index >= 15 is 0 Å². The summed E-state index contributed by atoms with van der Waals surface area (Å²) in [5.41, 5.74) is -0.908. The molecule has 2 atom stereocenters. The molecule has 0 saturated heterocycles. The molecular formula is C13H22N2O4. The highest BCUT2D eigenvalue weighted by Gasteiger charge is 2.46. The highest BCUT2D eigenvalue weighted by Crippen LogP contribution is 2.38. The molecule has 2 amide bonds. The molecule has 0 aromatic rings. The van der Waals surface area contributed by atoms with E-state index in [4.69, 9.17) is 5.11 Å². The summed E-state index contributed by atoms with van der Waals surface area (Å²) in [5.74, 6) is -0.882. The fourth-order valence-electron chi connectivity index (χ4n) is 2.45. The van der Waals surface area contributed by atoms with Gasteiger partial charge in [-0.3, -0.25) is 4.79 Å². The number of carbonyl (C=O) groups excluding carboxylic acids is 1. The maximum atomic E-state index is 12.1. The van der Waals surface area contributed by atoms with Crippen LogP contribution in [0.4, 0.5) is 4.79 Å². The zero-order valence-electron chi connectivity index (χ0n) is 11.3. The Morgan fingerprint density at radius 2 is 2.26 bits per heavy atom. The van der Waals surface area contributed by atoms with Crippen molar-refractivity contribution in [1.82, 2.24) is 10.2 Å². The number of hydrogen-bond donors (Lipinski definition) is 3. The number of urea groups is 1. The van der Waals surface area contributed by atoms with Crippen LogP contribution in [0.3, 0.4) is 0 Å². The number of carboxylic acids is 1. The summed E-state index contributed by atoms with van der Waals surface area (Å²) in [6, 6.07) is -0.725. The van der Waals surface area contributed by atoms with E-state index in [0.717, 1.165) is 6.42 Å². The molecule has 6 nitrogen and oxygen atoms in total. The van der Waals surface area contributed by atoms with Crippen LogP contribution < -0.4 is 5.32 Å². The zero-order valence-corrected chi connectivity index (χ0v) is 11.3. The fraction of sp³-hybridized carbons (Fsp3) is 0.692. The van der Waals surface area contributed by atoms with Gasteiger partial charge in [0.2, 0.25) is 0 Å². The van der Waals surface area contributed by atoms with E-state index in [-0.39, 0.29) is 25.2 Å². The minimum atomic E-state index is -0.908. The minimum Gasteiger partial charge on any atom is -0.481 e. The molecule has 0 aliphatic heterocycles. The van der Waals surface area contributed by atoms with E-state index in [1.54, 1.807) is 13.0 Å². The first-order valence-corrected chi connectivity index (χ1v) is 6.46. The fourth-order valence-corrected chi connectivity index (χ4v) is 2.45. The van der Waals surface area contributed by atoms with Gasteiger partial charge < -0.3 is 20.4 Å². The van der Waals surface area contributed by atoms with Crippen LogP contribution in [0.1, 0.15) is 26.2 Å². The molecule has 1 aliphatic carbocycles. The van der Waals surface area contributed by atoms with Gasteiger partial charge in [0.1, 0.15) is 0 Å². The molecule has 1 fully saturated rings. The predicted molar refractivity (Wildman–Crippen MR) is 70.8 cm³/mol. The number of aliphatic hydroxyl groups excluding tert-OH is 1. The number of carboxylic acid groups (broad SMARTS) is 1. The first-order valence-electron chi connectivity index (χ1n) is 6.46. The second-order valence-electron chi connectivity index (χ2n) is 5.08. The van der Waals surface area contributed by atoms with Crippen molar-refractivity contribution in [3.05, 3.63) is 12.7 Å². The SMILES string of the molecule is C=CCN(CCO)C(=O)NC1CCCC1(C)C(=O)O. The van der Waals surface area contributed by atoms with Gasteiger partial charge in [-0.05, 0) is 19.8 Å². The lowest BCUT2D eigenvalue weighted by Gasteiger charge is -2.30. The Hall–Kier alpha value is -1.56. The zero-order chi connectivity index (χ0) is 14.5.